The van der Waals surface area contributed by atoms with Crippen molar-refractivity contribution in [2.45, 2.75) is 76.2 Å². The van der Waals surface area contributed by atoms with Crippen molar-refractivity contribution in [2.24, 2.45) is 17.8 Å². The molecule has 1 unspecified atom stereocenters. The van der Waals surface area contributed by atoms with Gasteiger partial charge in [-0.15, -0.1) is 10.2 Å². The maximum absolute atomic E-state index is 4.85. The molecule has 4 aliphatic carbocycles. The van der Waals surface area contributed by atoms with Crippen molar-refractivity contribution in [2.75, 3.05) is 0 Å². The van der Waals surface area contributed by atoms with Crippen LogP contribution < -0.4 is 0 Å². The molecule has 3 heteroatoms. The molecule has 5 aliphatic rings. The molecule has 3 nitrogen and oxygen atoms in total. The average molecular weight is 348 g/mol. The highest BCUT2D eigenvalue weighted by Gasteiger charge is 2.54. The Bertz CT molecular complexity index is 814. The van der Waals surface area contributed by atoms with Crippen LogP contribution in [0.2, 0.25) is 0 Å². The summed E-state index contributed by atoms with van der Waals surface area (Å²) >= 11 is 0. The molecule has 0 saturated heterocycles. The van der Waals surface area contributed by atoms with Gasteiger partial charge in [0.25, 0.3) is 0 Å². The molecule has 1 aromatic heterocycles. The van der Waals surface area contributed by atoms with Crippen molar-refractivity contribution >= 4 is 0 Å². The second-order valence-electron chi connectivity index (χ2n) is 9.84. The summed E-state index contributed by atoms with van der Waals surface area (Å²) in [5.74, 6) is 6.12. The summed E-state index contributed by atoms with van der Waals surface area (Å²) in [5, 5.41) is 9.53. The Balaban J connectivity index is 1.38. The second kappa shape index (κ2) is 5.43. The first kappa shape index (κ1) is 15.4. The van der Waals surface area contributed by atoms with E-state index in [1.54, 1.807) is 0 Å². The standard InChI is InChI=1S/C23H29N3/c1-15-4-2-3-5-20(15)19-6-7-21-24-25-22(26(21)14-19)23-11-16-8-17(12-23)10-18(9-16)13-23/h2-5,16-19H,6-14H2,1H3. The molecular weight excluding hydrogens is 318 g/mol. The van der Waals surface area contributed by atoms with Gasteiger partial charge in [0.2, 0.25) is 0 Å². The van der Waals surface area contributed by atoms with Gasteiger partial charge >= 0.3 is 0 Å². The topological polar surface area (TPSA) is 30.7 Å². The van der Waals surface area contributed by atoms with Crippen LogP contribution in [0.5, 0.6) is 0 Å². The van der Waals surface area contributed by atoms with E-state index in [-0.39, 0.29) is 0 Å². The van der Waals surface area contributed by atoms with Crippen molar-refractivity contribution in [3.63, 3.8) is 0 Å². The molecule has 2 heterocycles. The Morgan fingerprint density at radius 3 is 2.35 bits per heavy atom. The highest BCUT2D eigenvalue weighted by atomic mass is 15.3. The molecule has 0 amide bonds. The van der Waals surface area contributed by atoms with E-state index >= 15 is 0 Å². The Labute approximate surface area is 156 Å². The van der Waals surface area contributed by atoms with E-state index in [2.05, 4.69) is 40.9 Å². The fraction of sp³-hybridized carbons (Fsp3) is 0.652. The van der Waals surface area contributed by atoms with Gasteiger partial charge in [0, 0.05) is 24.3 Å². The Morgan fingerprint density at radius 2 is 1.65 bits per heavy atom. The van der Waals surface area contributed by atoms with Gasteiger partial charge in [-0.2, -0.15) is 0 Å². The highest BCUT2D eigenvalue weighted by Crippen LogP contribution is 2.60. The summed E-state index contributed by atoms with van der Waals surface area (Å²) in [4.78, 5) is 0. The van der Waals surface area contributed by atoms with Gasteiger partial charge in [-0.25, -0.2) is 0 Å². The Morgan fingerprint density at radius 1 is 0.962 bits per heavy atom. The van der Waals surface area contributed by atoms with Crippen molar-refractivity contribution in [3.8, 4) is 0 Å². The maximum atomic E-state index is 4.85. The lowest BCUT2D eigenvalue weighted by atomic mass is 9.49. The summed E-state index contributed by atoms with van der Waals surface area (Å²) in [5.41, 5.74) is 3.32. The second-order valence-corrected chi connectivity index (χ2v) is 9.84. The van der Waals surface area contributed by atoms with E-state index in [0.717, 1.165) is 30.7 Å². The lowest BCUT2D eigenvalue weighted by molar-refractivity contribution is -0.0115. The van der Waals surface area contributed by atoms with E-state index < -0.39 is 0 Å². The third-order valence-corrected chi connectivity index (χ3v) is 8.09. The monoisotopic (exact) mass is 347 g/mol. The minimum absolute atomic E-state index is 0.355. The molecule has 0 N–H and O–H groups in total. The van der Waals surface area contributed by atoms with Crippen LogP contribution in [0.1, 0.15) is 73.6 Å². The minimum atomic E-state index is 0.355. The molecule has 26 heavy (non-hydrogen) atoms. The highest BCUT2D eigenvalue weighted by molar-refractivity contribution is 5.30. The normalized spacial score (nSPS) is 37.7. The molecule has 4 saturated carbocycles. The van der Waals surface area contributed by atoms with Crippen LogP contribution >= 0.6 is 0 Å². The molecule has 7 rings (SSSR count). The van der Waals surface area contributed by atoms with Crippen LogP contribution in [0, 0.1) is 24.7 Å². The molecule has 0 spiro atoms. The molecule has 4 fully saturated rings. The van der Waals surface area contributed by atoms with E-state index in [4.69, 9.17) is 5.10 Å². The zero-order valence-electron chi connectivity index (χ0n) is 15.8. The first-order valence-electron chi connectivity index (χ1n) is 10.7. The first-order chi connectivity index (χ1) is 12.7. The van der Waals surface area contributed by atoms with Gasteiger partial charge in [-0.3, -0.25) is 0 Å². The fourth-order valence-electron chi connectivity index (χ4n) is 7.40. The number of hydrogen-bond acceptors (Lipinski definition) is 2. The van der Waals surface area contributed by atoms with Crippen LogP contribution in [0.3, 0.4) is 0 Å². The number of fused-ring (bicyclic) bond motifs is 1. The van der Waals surface area contributed by atoms with Gasteiger partial charge in [-0.1, -0.05) is 24.3 Å². The molecule has 2 aromatic rings. The SMILES string of the molecule is Cc1ccccc1C1CCc2nnc(C34CC5CC(CC(C5)C3)C4)n2C1. The number of benzene rings is 1. The van der Waals surface area contributed by atoms with Crippen LogP contribution in [0.25, 0.3) is 0 Å². The van der Waals surface area contributed by atoms with Crippen molar-refractivity contribution in [1.82, 2.24) is 14.8 Å². The Hall–Kier alpha value is -1.64. The predicted octanol–water partition coefficient (Wildman–Crippen LogP) is 4.78. The fourth-order valence-corrected chi connectivity index (χ4v) is 7.40. The third kappa shape index (κ3) is 2.18. The van der Waals surface area contributed by atoms with Crippen LogP contribution in [-0.2, 0) is 18.4 Å². The quantitative estimate of drug-likeness (QED) is 0.782. The third-order valence-electron chi connectivity index (χ3n) is 8.09. The predicted molar refractivity (Wildman–Crippen MR) is 102 cm³/mol. The number of hydrogen-bond donors (Lipinski definition) is 0. The van der Waals surface area contributed by atoms with E-state index in [9.17, 15) is 0 Å². The lowest BCUT2D eigenvalue weighted by Crippen LogP contribution is -2.50. The summed E-state index contributed by atoms with van der Waals surface area (Å²) in [7, 11) is 0. The molecule has 1 aliphatic heterocycles. The van der Waals surface area contributed by atoms with Gasteiger partial charge in [0.15, 0.2) is 0 Å². The van der Waals surface area contributed by atoms with E-state index in [1.165, 1.54) is 67.7 Å². The molecule has 136 valence electrons. The minimum Gasteiger partial charge on any atom is -0.314 e. The van der Waals surface area contributed by atoms with Crippen molar-refractivity contribution in [3.05, 3.63) is 47.0 Å². The number of aromatic nitrogens is 3. The Kier molecular flexibility index (Phi) is 3.22. The number of nitrogens with zero attached hydrogens (tertiary/aromatic N) is 3. The largest absolute Gasteiger partial charge is 0.314 e. The molecule has 1 atom stereocenters. The van der Waals surface area contributed by atoms with Crippen molar-refractivity contribution < 1.29 is 0 Å². The van der Waals surface area contributed by atoms with Gasteiger partial charge in [0.1, 0.15) is 11.6 Å². The summed E-state index contributed by atoms with van der Waals surface area (Å²) in [6.07, 6.45) is 10.9. The zero-order chi connectivity index (χ0) is 17.3. The van der Waals surface area contributed by atoms with Gasteiger partial charge < -0.3 is 4.57 Å². The molecule has 0 radical (unpaired) electrons. The summed E-state index contributed by atoms with van der Waals surface area (Å²) in [6, 6.07) is 8.95. The molecular formula is C23H29N3. The number of rotatable bonds is 2. The molecule has 1 aromatic carbocycles. The lowest BCUT2D eigenvalue weighted by Gasteiger charge is -2.56. The van der Waals surface area contributed by atoms with E-state index in [0.29, 0.717) is 11.3 Å². The first-order valence-corrected chi connectivity index (χ1v) is 10.7. The number of aryl methyl sites for hydroxylation is 2. The summed E-state index contributed by atoms with van der Waals surface area (Å²) < 4.78 is 2.56. The maximum Gasteiger partial charge on any atom is 0.139 e. The van der Waals surface area contributed by atoms with Gasteiger partial charge in [-0.05, 0) is 80.8 Å². The molecule has 4 bridgehead atoms. The van der Waals surface area contributed by atoms with Crippen molar-refractivity contribution in [1.29, 1.82) is 0 Å². The summed E-state index contributed by atoms with van der Waals surface area (Å²) in [6.45, 7) is 3.35. The zero-order valence-corrected chi connectivity index (χ0v) is 15.8. The van der Waals surface area contributed by atoms with Gasteiger partial charge in [0.05, 0.1) is 0 Å². The average Bonchev–Trinajstić information content (AvgIpc) is 3.05. The smallest absolute Gasteiger partial charge is 0.139 e. The van der Waals surface area contributed by atoms with Crippen LogP contribution in [0.4, 0.5) is 0 Å². The van der Waals surface area contributed by atoms with E-state index in [1.807, 2.05) is 0 Å². The van der Waals surface area contributed by atoms with Crippen LogP contribution in [0.15, 0.2) is 24.3 Å². The van der Waals surface area contributed by atoms with Crippen LogP contribution in [-0.4, -0.2) is 14.8 Å².